The lowest BCUT2D eigenvalue weighted by Gasteiger charge is -2.37. The van der Waals surface area contributed by atoms with E-state index < -0.39 is 41.1 Å². The molecule has 4 rings (SSSR count). The number of halogens is 3. The molecule has 0 bridgehead atoms. The number of aromatic nitrogens is 5. The Morgan fingerprint density at radius 1 is 1.27 bits per heavy atom. The van der Waals surface area contributed by atoms with Crippen molar-refractivity contribution in [1.82, 2.24) is 25.2 Å². The molecule has 0 aliphatic carbocycles. The summed E-state index contributed by atoms with van der Waals surface area (Å²) in [5, 5.41) is 30.2. The van der Waals surface area contributed by atoms with Crippen LogP contribution in [0.1, 0.15) is 23.7 Å². The summed E-state index contributed by atoms with van der Waals surface area (Å²) in [6.07, 6.45) is 5.90. The summed E-state index contributed by atoms with van der Waals surface area (Å²) >= 11 is 0. The fraction of sp³-hybridized carbons (Fsp3) is 0.241. The Balaban J connectivity index is 1.42. The standard InChI is InChI=1S/C29H24F3N7O2/c1-3-26(30)20(2)28(40,18-39-19-36-37-38-39)29(31,32)27-13-9-22(15-35-27)5-4-21-7-11-25(12-8-21)41-17-23-6-10-24(14-33)34-16-23/h3,6-13,16,19,22,40H,1,15,17-18H2,2H3/b26-20-. The van der Waals surface area contributed by atoms with Crippen LogP contribution < -0.4 is 4.74 Å². The monoisotopic (exact) mass is 559 g/mol. The van der Waals surface area contributed by atoms with Gasteiger partial charge in [-0.15, -0.1) is 5.10 Å². The molecule has 2 unspecified atom stereocenters. The minimum atomic E-state index is -4.00. The molecule has 1 N–H and O–H groups in total. The molecule has 0 saturated carbocycles. The first-order chi connectivity index (χ1) is 19.7. The number of aliphatic imine (C=N–C) groups is 1. The number of dihydropyridines is 1. The van der Waals surface area contributed by atoms with Crippen LogP contribution in [0.4, 0.5) is 13.2 Å². The molecule has 0 fully saturated rings. The van der Waals surface area contributed by atoms with E-state index in [1.807, 2.05) is 6.07 Å². The number of ether oxygens (including phenoxy) is 1. The lowest BCUT2D eigenvalue weighted by atomic mass is 9.83. The van der Waals surface area contributed by atoms with Gasteiger partial charge in [-0.2, -0.15) is 14.0 Å². The van der Waals surface area contributed by atoms with Crippen molar-refractivity contribution in [2.75, 3.05) is 6.54 Å². The normalized spacial score (nSPS) is 16.8. The molecule has 0 radical (unpaired) electrons. The van der Waals surface area contributed by atoms with E-state index in [-0.39, 0.29) is 13.2 Å². The van der Waals surface area contributed by atoms with Crippen molar-refractivity contribution in [1.29, 1.82) is 5.26 Å². The summed E-state index contributed by atoms with van der Waals surface area (Å²) in [5.41, 5.74) is -2.55. The molecule has 1 aliphatic heterocycles. The molecule has 0 saturated heterocycles. The molecule has 9 nitrogen and oxygen atoms in total. The largest absolute Gasteiger partial charge is 0.489 e. The SMILES string of the molecule is C=C/C(F)=C(\C)C(O)(Cn1cnnn1)C(F)(F)C1=NCC(C#Cc2ccc(OCc3ccc(C#N)nc3)cc2)C=C1. The summed E-state index contributed by atoms with van der Waals surface area (Å²) in [4.78, 5) is 7.98. The number of pyridine rings is 1. The lowest BCUT2D eigenvalue weighted by molar-refractivity contribution is -0.123. The van der Waals surface area contributed by atoms with Gasteiger partial charge in [-0.1, -0.05) is 30.6 Å². The van der Waals surface area contributed by atoms with E-state index in [4.69, 9.17) is 10.00 Å². The van der Waals surface area contributed by atoms with Gasteiger partial charge in [-0.05, 0) is 59.8 Å². The summed E-state index contributed by atoms with van der Waals surface area (Å²) < 4.78 is 52.4. The second-order valence-corrected chi connectivity index (χ2v) is 9.06. The highest BCUT2D eigenvalue weighted by Crippen LogP contribution is 2.40. The van der Waals surface area contributed by atoms with Crippen molar-refractivity contribution in [3.8, 4) is 23.7 Å². The molecule has 0 amide bonds. The molecule has 12 heteroatoms. The number of allylic oxidation sites excluding steroid dienone is 3. The minimum absolute atomic E-state index is 0.0814. The second-order valence-electron chi connectivity index (χ2n) is 9.06. The molecule has 3 aromatic rings. The molecule has 1 aliphatic rings. The quantitative estimate of drug-likeness (QED) is 0.311. The third-order valence-corrected chi connectivity index (χ3v) is 6.33. The molecule has 2 aromatic heterocycles. The van der Waals surface area contributed by atoms with Gasteiger partial charge in [0.1, 0.15) is 42.0 Å². The van der Waals surface area contributed by atoms with E-state index in [0.29, 0.717) is 17.0 Å². The fourth-order valence-electron chi connectivity index (χ4n) is 3.87. The van der Waals surface area contributed by atoms with Crippen molar-refractivity contribution in [3.63, 3.8) is 0 Å². The number of benzene rings is 1. The van der Waals surface area contributed by atoms with Crippen LogP contribution >= 0.6 is 0 Å². The molecule has 0 spiro atoms. The Hall–Kier alpha value is -5.07. The minimum Gasteiger partial charge on any atom is -0.489 e. The number of nitrogens with zero attached hydrogens (tertiary/aromatic N) is 7. The van der Waals surface area contributed by atoms with E-state index in [0.717, 1.165) is 35.6 Å². The summed E-state index contributed by atoms with van der Waals surface area (Å²) in [5.74, 6) is 1.04. The molecule has 41 heavy (non-hydrogen) atoms. The Morgan fingerprint density at radius 2 is 2.05 bits per heavy atom. The number of hydrogen-bond acceptors (Lipinski definition) is 8. The van der Waals surface area contributed by atoms with Crippen LogP contribution in [0.5, 0.6) is 5.75 Å². The van der Waals surface area contributed by atoms with Gasteiger partial charge in [0.15, 0.2) is 5.60 Å². The van der Waals surface area contributed by atoms with Gasteiger partial charge in [-0.3, -0.25) is 4.99 Å². The maximum Gasteiger partial charge on any atom is 0.322 e. The maximum absolute atomic E-state index is 15.7. The van der Waals surface area contributed by atoms with Crippen LogP contribution in [-0.2, 0) is 13.2 Å². The van der Waals surface area contributed by atoms with E-state index >= 15 is 8.78 Å². The molecular formula is C29H24F3N7O2. The number of alkyl halides is 2. The van der Waals surface area contributed by atoms with Gasteiger partial charge in [-0.25, -0.2) is 14.1 Å². The predicted molar refractivity (Wildman–Crippen MR) is 143 cm³/mol. The number of tetrazole rings is 1. The number of aliphatic hydroxyl groups is 1. The van der Waals surface area contributed by atoms with Crippen molar-refractivity contribution < 1.29 is 23.0 Å². The van der Waals surface area contributed by atoms with Gasteiger partial charge >= 0.3 is 5.92 Å². The van der Waals surface area contributed by atoms with Crippen LogP contribution in [0.25, 0.3) is 0 Å². The Kier molecular flexibility index (Phi) is 8.75. The predicted octanol–water partition coefficient (Wildman–Crippen LogP) is 3.99. The van der Waals surface area contributed by atoms with E-state index in [1.54, 1.807) is 42.6 Å². The average Bonchev–Trinajstić information content (AvgIpc) is 3.52. The van der Waals surface area contributed by atoms with Gasteiger partial charge in [0.25, 0.3) is 0 Å². The smallest absolute Gasteiger partial charge is 0.322 e. The van der Waals surface area contributed by atoms with Crippen LogP contribution in [0.15, 0.2) is 90.1 Å². The van der Waals surface area contributed by atoms with Crippen LogP contribution in [0.2, 0.25) is 0 Å². The molecule has 3 heterocycles. The van der Waals surface area contributed by atoms with Gasteiger partial charge in [0, 0.05) is 22.9 Å². The first-order valence-corrected chi connectivity index (χ1v) is 12.3. The zero-order chi connectivity index (χ0) is 29.5. The summed E-state index contributed by atoms with van der Waals surface area (Å²) in [7, 11) is 0. The zero-order valence-corrected chi connectivity index (χ0v) is 21.9. The topological polar surface area (TPSA) is 122 Å². The van der Waals surface area contributed by atoms with Crippen molar-refractivity contribution >= 4 is 5.71 Å². The summed E-state index contributed by atoms with van der Waals surface area (Å²) in [6.45, 7) is 3.69. The molecule has 2 atom stereocenters. The number of nitriles is 1. The van der Waals surface area contributed by atoms with Crippen molar-refractivity contribution in [2.45, 2.75) is 31.6 Å². The Bertz CT molecular complexity index is 1580. The fourth-order valence-corrected chi connectivity index (χ4v) is 3.87. The van der Waals surface area contributed by atoms with Crippen LogP contribution in [0, 0.1) is 29.1 Å². The van der Waals surface area contributed by atoms with Crippen molar-refractivity contribution in [3.05, 3.63) is 102 Å². The van der Waals surface area contributed by atoms with Crippen LogP contribution in [0.3, 0.4) is 0 Å². The Labute approximate surface area is 234 Å². The highest BCUT2D eigenvalue weighted by Gasteiger charge is 2.58. The highest BCUT2D eigenvalue weighted by molar-refractivity contribution is 6.02. The first kappa shape index (κ1) is 28.9. The van der Waals surface area contributed by atoms with E-state index in [2.05, 4.69) is 43.9 Å². The highest BCUT2D eigenvalue weighted by atomic mass is 19.3. The molecular weight excluding hydrogens is 535 g/mol. The van der Waals surface area contributed by atoms with Gasteiger partial charge in [0.05, 0.1) is 19.0 Å². The van der Waals surface area contributed by atoms with Gasteiger partial charge < -0.3 is 9.84 Å². The number of hydrogen-bond donors (Lipinski definition) is 1. The third kappa shape index (κ3) is 6.57. The van der Waals surface area contributed by atoms with E-state index in [9.17, 15) is 9.50 Å². The molecule has 208 valence electrons. The maximum atomic E-state index is 15.7. The van der Waals surface area contributed by atoms with Crippen LogP contribution in [-0.4, -0.2) is 54.1 Å². The van der Waals surface area contributed by atoms with E-state index in [1.165, 1.54) is 6.08 Å². The van der Waals surface area contributed by atoms with Crippen molar-refractivity contribution in [2.24, 2.45) is 10.9 Å². The van der Waals surface area contributed by atoms with Gasteiger partial charge in [0.2, 0.25) is 0 Å². The zero-order valence-electron chi connectivity index (χ0n) is 21.9. The third-order valence-electron chi connectivity index (χ3n) is 6.33. The number of rotatable bonds is 9. The lowest BCUT2D eigenvalue weighted by Crippen LogP contribution is -2.57. The summed E-state index contributed by atoms with van der Waals surface area (Å²) in [6, 6.07) is 12.4. The average molecular weight is 560 g/mol. The first-order valence-electron chi connectivity index (χ1n) is 12.3. The Morgan fingerprint density at radius 3 is 2.63 bits per heavy atom. The molecule has 1 aromatic carbocycles. The second kappa shape index (κ2) is 12.4.